The highest BCUT2D eigenvalue weighted by Gasteiger charge is 2.58. The van der Waals surface area contributed by atoms with E-state index in [0.29, 0.717) is 11.8 Å². The molecule has 4 nitrogen and oxygen atoms in total. The number of allylic oxidation sites excluding steroid dienone is 1. The Labute approximate surface area is 113 Å². The molecule has 3 rings (SSSR count). The van der Waals surface area contributed by atoms with Crippen molar-refractivity contribution in [3.63, 3.8) is 0 Å². The van der Waals surface area contributed by atoms with Gasteiger partial charge in [-0.05, 0) is 31.6 Å². The van der Waals surface area contributed by atoms with Crippen LogP contribution in [0.5, 0.6) is 0 Å². The molecule has 3 aliphatic rings. The summed E-state index contributed by atoms with van der Waals surface area (Å²) in [6, 6.07) is 0. The van der Waals surface area contributed by atoms with Gasteiger partial charge in [0.05, 0.1) is 0 Å². The van der Waals surface area contributed by atoms with Gasteiger partial charge in [0.2, 0.25) is 0 Å². The van der Waals surface area contributed by atoms with Gasteiger partial charge in [-0.15, -0.1) is 0 Å². The SMILES string of the molecule is CC(=O)OC1C2CC(C3CCCC=C32)C1OC(C)=O. The molecule has 0 aromatic rings. The maximum absolute atomic E-state index is 11.3. The van der Waals surface area contributed by atoms with E-state index < -0.39 is 0 Å². The molecule has 4 heteroatoms. The fourth-order valence-electron chi connectivity index (χ4n) is 4.25. The molecule has 0 radical (unpaired) electrons. The van der Waals surface area contributed by atoms with E-state index in [4.69, 9.17) is 9.47 Å². The van der Waals surface area contributed by atoms with E-state index in [1.807, 2.05) is 0 Å². The summed E-state index contributed by atoms with van der Waals surface area (Å²) in [5.41, 5.74) is 1.45. The Kier molecular flexibility index (Phi) is 3.11. The second-order valence-electron chi connectivity index (χ2n) is 5.90. The molecule has 0 saturated heterocycles. The highest BCUT2D eigenvalue weighted by atomic mass is 16.6. The lowest BCUT2D eigenvalue weighted by molar-refractivity contribution is -0.169. The van der Waals surface area contributed by atoms with Crippen LogP contribution >= 0.6 is 0 Å². The van der Waals surface area contributed by atoms with Crippen LogP contribution in [0.3, 0.4) is 0 Å². The third-order valence-corrected chi connectivity index (χ3v) is 4.74. The number of carbonyl (C=O) groups is 2. The molecular formula is C15H20O4. The molecule has 0 aromatic heterocycles. The van der Waals surface area contributed by atoms with Crippen LogP contribution in [-0.2, 0) is 19.1 Å². The summed E-state index contributed by atoms with van der Waals surface area (Å²) in [5, 5.41) is 0. The molecule has 0 spiro atoms. The lowest BCUT2D eigenvalue weighted by Crippen LogP contribution is -2.43. The number of ether oxygens (including phenoxy) is 2. The number of carbonyl (C=O) groups excluding carboxylic acids is 2. The molecule has 5 atom stereocenters. The van der Waals surface area contributed by atoms with Crippen molar-refractivity contribution in [3.05, 3.63) is 11.6 Å². The number of esters is 2. The second-order valence-corrected chi connectivity index (χ2v) is 5.90. The molecule has 0 aliphatic heterocycles. The topological polar surface area (TPSA) is 52.6 Å². The second kappa shape index (κ2) is 4.66. The van der Waals surface area contributed by atoms with Crippen molar-refractivity contribution in [1.82, 2.24) is 0 Å². The standard InChI is InChI=1S/C15H20O4/c1-8(16)18-14-12-7-13(15(14)19-9(2)17)11-6-4-3-5-10(11)12/h5,11-15H,3-4,6-7H2,1-2H3. The zero-order valence-corrected chi connectivity index (χ0v) is 11.4. The largest absolute Gasteiger partial charge is 0.458 e. The fraction of sp³-hybridized carbons (Fsp3) is 0.733. The number of hydrogen-bond acceptors (Lipinski definition) is 4. The van der Waals surface area contributed by atoms with E-state index in [-0.39, 0.29) is 30.1 Å². The third-order valence-electron chi connectivity index (χ3n) is 4.74. The van der Waals surface area contributed by atoms with Crippen molar-refractivity contribution >= 4 is 11.9 Å². The van der Waals surface area contributed by atoms with Crippen molar-refractivity contribution in [2.75, 3.05) is 0 Å². The molecule has 19 heavy (non-hydrogen) atoms. The molecule has 2 saturated carbocycles. The summed E-state index contributed by atoms with van der Waals surface area (Å²) in [4.78, 5) is 22.6. The van der Waals surface area contributed by atoms with Gasteiger partial charge in [0.1, 0.15) is 12.2 Å². The lowest BCUT2D eigenvalue weighted by Gasteiger charge is -2.37. The van der Waals surface area contributed by atoms with Crippen LogP contribution in [0.25, 0.3) is 0 Å². The van der Waals surface area contributed by atoms with Gasteiger partial charge in [0.25, 0.3) is 0 Å². The Morgan fingerprint density at radius 3 is 2.47 bits per heavy atom. The summed E-state index contributed by atoms with van der Waals surface area (Å²) < 4.78 is 10.9. The molecule has 0 amide bonds. The Balaban J connectivity index is 1.87. The van der Waals surface area contributed by atoms with Crippen LogP contribution in [0, 0.1) is 17.8 Å². The summed E-state index contributed by atoms with van der Waals surface area (Å²) >= 11 is 0. The molecule has 2 fully saturated rings. The maximum atomic E-state index is 11.3. The van der Waals surface area contributed by atoms with Gasteiger partial charge in [-0.2, -0.15) is 0 Å². The van der Waals surface area contributed by atoms with Crippen LogP contribution < -0.4 is 0 Å². The quantitative estimate of drug-likeness (QED) is 0.567. The first-order valence-corrected chi connectivity index (χ1v) is 7.12. The normalized spacial score (nSPS) is 39.5. The smallest absolute Gasteiger partial charge is 0.303 e. The molecule has 2 bridgehead atoms. The van der Waals surface area contributed by atoms with Crippen molar-refractivity contribution in [3.8, 4) is 0 Å². The molecule has 0 heterocycles. The van der Waals surface area contributed by atoms with E-state index in [0.717, 1.165) is 12.8 Å². The van der Waals surface area contributed by atoms with Crippen LogP contribution in [0.1, 0.15) is 39.5 Å². The van der Waals surface area contributed by atoms with Gasteiger partial charge in [-0.3, -0.25) is 9.59 Å². The predicted octanol–water partition coefficient (Wildman–Crippen LogP) is 2.23. The van der Waals surface area contributed by atoms with Gasteiger partial charge in [-0.25, -0.2) is 0 Å². The first-order chi connectivity index (χ1) is 9.08. The summed E-state index contributed by atoms with van der Waals surface area (Å²) in [7, 11) is 0. The van der Waals surface area contributed by atoms with Gasteiger partial charge in [-0.1, -0.05) is 11.6 Å². The van der Waals surface area contributed by atoms with Gasteiger partial charge < -0.3 is 9.47 Å². The van der Waals surface area contributed by atoms with E-state index in [9.17, 15) is 9.59 Å². The number of hydrogen-bond donors (Lipinski definition) is 0. The van der Waals surface area contributed by atoms with E-state index in [1.165, 1.54) is 32.3 Å². The van der Waals surface area contributed by atoms with E-state index in [1.54, 1.807) is 0 Å². The van der Waals surface area contributed by atoms with Crippen molar-refractivity contribution < 1.29 is 19.1 Å². The first-order valence-electron chi connectivity index (χ1n) is 7.12. The maximum Gasteiger partial charge on any atom is 0.303 e. The Hall–Kier alpha value is -1.32. The Morgan fingerprint density at radius 2 is 1.79 bits per heavy atom. The number of rotatable bonds is 2. The minimum atomic E-state index is -0.289. The molecular weight excluding hydrogens is 244 g/mol. The summed E-state index contributed by atoms with van der Waals surface area (Å²) in [6.07, 6.45) is 6.31. The zero-order valence-electron chi connectivity index (χ0n) is 11.4. The predicted molar refractivity (Wildman–Crippen MR) is 68.1 cm³/mol. The summed E-state index contributed by atoms with van der Waals surface area (Å²) in [6.45, 7) is 2.85. The van der Waals surface area contributed by atoms with Crippen LogP contribution in [-0.4, -0.2) is 24.1 Å². The minimum Gasteiger partial charge on any atom is -0.458 e. The first kappa shape index (κ1) is 12.7. The van der Waals surface area contributed by atoms with Crippen LogP contribution in [0.4, 0.5) is 0 Å². The molecule has 0 aromatic carbocycles. The lowest BCUT2D eigenvalue weighted by atomic mass is 9.75. The van der Waals surface area contributed by atoms with Crippen molar-refractivity contribution in [2.45, 2.75) is 51.7 Å². The molecule has 104 valence electrons. The van der Waals surface area contributed by atoms with Crippen molar-refractivity contribution in [2.24, 2.45) is 17.8 Å². The minimum absolute atomic E-state index is 0.244. The van der Waals surface area contributed by atoms with Crippen molar-refractivity contribution in [1.29, 1.82) is 0 Å². The van der Waals surface area contributed by atoms with Gasteiger partial charge >= 0.3 is 11.9 Å². The average molecular weight is 264 g/mol. The van der Waals surface area contributed by atoms with E-state index in [2.05, 4.69) is 6.08 Å². The highest BCUT2D eigenvalue weighted by molar-refractivity contribution is 5.67. The Bertz CT molecular complexity index is 439. The molecule has 3 aliphatic carbocycles. The summed E-state index contributed by atoms with van der Waals surface area (Å²) in [5.74, 6) is 0.571. The average Bonchev–Trinajstić information content (AvgIpc) is 2.86. The molecule has 0 N–H and O–H groups in total. The van der Waals surface area contributed by atoms with Crippen LogP contribution in [0.15, 0.2) is 11.6 Å². The Morgan fingerprint density at radius 1 is 1.11 bits per heavy atom. The fourth-order valence-corrected chi connectivity index (χ4v) is 4.25. The third kappa shape index (κ3) is 2.07. The van der Waals surface area contributed by atoms with E-state index >= 15 is 0 Å². The van der Waals surface area contributed by atoms with Gasteiger partial charge in [0, 0.05) is 25.7 Å². The van der Waals surface area contributed by atoms with Gasteiger partial charge in [0.15, 0.2) is 0 Å². The highest BCUT2D eigenvalue weighted by Crippen LogP contribution is 2.57. The monoisotopic (exact) mass is 264 g/mol. The van der Waals surface area contributed by atoms with Crippen LogP contribution in [0.2, 0.25) is 0 Å². The number of fused-ring (bicyclic) bond motifs is 5. The molecule has 5 unspecified atom stereocenters. The zero-order chi connectivity index (χ0) is 13.6.